The highest BCUT2D eigenvalue weighted by Gasteiger charge is 2.32. The Kier molecular flexibility index (Phi) is 2.58. The van der Waals surface area contributed by atoms with Crippen LogP contribution in [0.1, 0.15) is 57.5 Å². The topological polar surface area (TPSA) is 33.1 Å². The normalized spacial score (nSPS) is 25.3. The first kappa shape index (κ1) is 11.6. The molecule has 2 nitrogen and oxygen atoms in total. The first-order valence-corrected chi connectivity index (χ1v) is 6.04. The van der Waals surface area contributed by atoms with Crippen LogP contribution >= 0.6 is 0 Å². The Bertz CT molecular complexity index is 402. The highest BCUT2D eigenvalue weighted by molar-refractivity contribution is 5.31. The molecule has 1 aromatic heterocycles. The lowest BCUT2D eigenvalue weighted by Gasteiger charge is -2.31. The molecule has 0 saturated heterocycles. The van der Waals surface area contributed by atoms with Gasteiger partial charge in [0.25, 0.3) is 0 Å². The van der Waals surface area contributed by atoms with Crippen LogP contribution in [0.4, 0.5) is 0 Å². The number of aliphatic hydroxyl groups is 1. The largest absolute Gasteiger partial charge is 0.384 e. The minimum absolute atomic E-state index is 0.0442. The third-order valence-electron chi connectivity index (χ3n) is 3.37. The zero-order valence-corrected chi connectivity index (χ0v) is 10.7. The minimum atomic E-state index is -0.741. The Hall–Kier alpha value is -0.890. The van der Waals surface area contributed by atoms with Gasteiger partial charge in [0.15, 0.2) is 0 Å². The molecule has 2 heteroatoms. The second kappa shape index (κ2) is 3.56. The van der Waals surface area contributed by atoms with Gasteiger partial charge in [-0.15, -0.1) is 0 Å². The Balaban J connectivity index is 2.52. The van der Waals surface area contributed by atoms with Gasteiger partial charge in [-0.25, -0.2) is 0 Å². The van der Waals surface area contributed by atoms with Gasteiger partial charge in [0.05, 0.1) is 5.69 Å². The molecule has 1 aliphatic carbocycles. The fourth-order valence-corrected chi connectivity index (χ4v) is 2.32. The van der Waals surface area contributed by atoms with Gasteiger partial charge < -0.3 is 5.11 Å². The molecule has 16 heavy (non-hydrogen) atoms. The van der Waals surface area contributed by atoms with Gasteiger partial charge >= 0.3 is 0 Å². The summed E-state index contributed by atoms with van der Waals surface area (Å²) in [5.41, 5.74) is 2.47. The first-order chi connectivity index (χ1) is 7.31. The number of fused-ring (bicyclic) bond motifs is 1. The highest BCUT2D eigenvalue weighted by atomic mass is 16.3. The Morgan fingerprint density at radius 3 is 2.62 bits per heavy atom. The number of rotatable bonds is 0. The van der Waals surface area contributed by atoms with Crippen molar-refractivity contribution in [3.05, 3.63) is 29.1 Å². The number of nitrogens with zero attached hydrogens (tertiary/aromatic N) is 1. The van der Waals surface area contributed by atoms with Crippen LogP contribution in [0.15, 0.2) is 12.1 Å². The molecule has 0 fully saturated rings. The van der Waals surface area contributed by atoms with E-state index in [2.05, 4.69) is 37.9 Å². The fourth-order valence-electron chi connectivity index (χ4n) is 2.32. The molecule has 88 valence electrons. The zero-order chi connectivity index (χ0) is 12.0. The van der Waals surface area contributed by atoms with E-state index in [0.29, 0.717) is 0 Å². The number of aromatic nitrogens is 1. The van der Waals surface area contributed by atoms with E-state index < -0.39 is 5.60 Å². The molecule has 0 aromatic carbocycles. The maximum absolute atomic E-state index is 10.4. The van der Waals surface area contributed by atoms with Crippen molar-refractivity contribution in [1.29, 1.82) is 0 Å². The van der Waals surface area contributed by atoms with Crippen LogP contribution in [0.3, 0.4) is 0 Å². The van der Waals surface area contributed by atoms with Gasteiger partial charge in [-0.05, 0) is 37.8 Å². The molecule has 0 aliphatic heterocycles. The smallest absolute Gasteiger partial charge is 0.104 e. The Morgan fingerprint density at radius 2 is 2.00 bits per heavy atom. The maximum atomic E-state index is 10.4. The summed E-state index contributed by atoms with van der Waals surface area (Å²) >= 11 is 0. The van der Waals surface area contributed by atoms with E-state index in [9.17, 15) is 5.11 Å². The van der Waals surface area contributed by atoms with E-state index >= 15 is 0 Å². The van der Waals surface area contributed by atoms with Gasteiger partial charge in [-0.1, -0.05) is 26.8 Å². The molecule has 0 radical (unpaired) electrons. The highest BCUT2D eigenvalue weighted by Crippen LogP contribution is 2.35. The molecule has 0 unspecified atom stereocenters. The summed E-state index contributed by atoms with van der Waals surface area (Å²) < 4.78 is 0. The number of hydrogen-bond acceptors (Lipinski definition) is 2. The Labute approximate surface area is 97.7 Å². The summed E-state index contributed by atoms with van der Waals surface area (Å²) in [6.07, 6.45) is 2.92. The van der Waals surface area contributed by atoms with Crippen LogP contribution < -0.4 is 0 Å². The van der Waals surface area contributed by atoms with Crippen LogP contribution in [0.2, 0.25) is 0 Å². The van der Waals surface area contributed by atoms with Crippen molar-refractivity contribution in [2.24, 2.45) is 0 Å². The number of pyridine rings is 1. The quantitative estimate of drug-likeness (QED) is 0.727. The van der Waals surface area contributed by atoms with Gasteiger partial charge in [-0.2, -0.15) is 0 Å². The van der Waals surface area contributed by atoms with Gasteiger partial charge in [0.1, 0.15) is 5.60 Å². The lowest BCUT2D eigenvalue weighted by molar-refractivity contribution is 0.0336. The summed E-state index contributed by atoms with van der Waals surface area (Å²) in [5, 5.41) is 10.4. The van der Waals surface area contributed by atoms with Gasteiger partial charge in [-0.3, -0.25) is 4.98 Å². The first-order valence-electron chi connectivity index (χ1n) is 6.04. The summed E-state index contributed by atoms with van der Waals surface area (Å²) in [7, 11) is 0. The van der Waals surface area contributed by atoms with Crippen LogP contribution in [0.5, 0.6) is 0 Å². The average molecular weight is 219 g/mol. The van der Waals surface area contributed by atoms with Crippen molar-refractivity contribution in [2.75, 3.05) is 0 Å². The maximum Gasteiger partial charge on any atom is 0.104 e. The third-order valence-corrected chi connectivity index (χ3v) is 3.37. The van der Waals surface area contributed by atoms with Crippen LogP contribution in [-0.4, -0.2) is 10.1 Å². The summed E-state index contributed by atoms with van der Waals surface area (Å²) in [5.74, 6) is 0. The fraction of sp³-hybridized carbons (Fsp3) is 0.643. The number of hydrogen-bond donors (Lipinski definition) is 1. The predicted octanol–water partition coefficient (Wildman–Crippen LogP) is 2.92. The molecule has 1 N–H and O–H groups in total. The van der Waals surface area contributed by atoms with E-state index in [4.69, 9.17) is 0 Å². The molecule has 2 rings (SSSR count). The third kappa shape index (κ3) is 1.99. The summed E-state index contributed by atoms with van der Waals surface area (Å²) in [4.78, 5) is 4.69. The van der Waals surface area contributed by atoms with Crippen molar-refractivity contribution in [3.8, 4) is 0 Å². The molecule has 0 bridgehead atoms. The standard InChI is InChI=1S/C14H21NO/c1-13(2,3)11-8-7-10-6-5-9-14(4,16)12(10)15-11/h7-8,16H,5-6,9H2,1-4H3/t14-/m1/s1. The van der Waals surface area contributed by atoms with Crippen molar-refractivity contribution in [2.45, 2.75) is 58.0 Å². The SMILES string of the molecule is CC(C)(C)c1ccc2c(n1)[C@](C)(O)CCC2. The van der Waals surface area contributed by atoms with E-state index in [1.165, 1.54) is 5.56 Å². The summed E-state index contributed by atoms with van der Waals surface area (Å²) in [6.45, 7) is 8.34. The van der Waals surface area contributed by atoms with Crippen molar-refractivity contribution in [3.63, 3.8) is 0 Å². The number of aryl methyl sites for hydroxylation is 1. The van der Waals surface area contributed by atoms with Crippen LogP contribution in [0, 0.1) is 0 Å². The lowest BCUT2D eigenvalue weighted by Crippen LogP contribution is -2.30. The molecule has 0 saturated carbocycles. The van der Waals surface area contributed by atoms with Crippen LogP contribution in [0.25, 0.3) is 0 Å². The molecule has 1 atom stereocenters. The van der Waals surface area contributed by atoms with E-state index in [1.807, 2.05) is 6.92 Å². The predicted molar refractivity (Wildman–Crippen MR) is 65.4 cm³/mol. The second-order valence-corrected chi connectivity index (χ2v) is 6.08. The molecule has 0 spiro atoms. The molecule has 1 aliphatic rings. The molecule has 1 aromatic rings. The van der Waals surface area contributed by atoms with Gasteiger partial charge in [0, 0.05) is 11.1 Å². The molecular formula is C14H21NO. The molecular weight excluding hydrogens is 198 g/mol. The van der Waals surface area contributed by atoms with E-state index in [1.54, 1.807) is 0 Å². The van der Waals surface area contributed by atoms with Crippen LogP contribution in [-0.2, 0) is 17.4 Å². The summed E-state index contributed by atoms with van der Waals surface area (Å²) in [6, 6.07) is 4.23. The van der Waals surface area contributed by atoms with E-state index in [-0.39, 0.29) is 5.41 Å². The monoisotopic (exact) mass is 219 g/mol. The van der Waals surface area contributed by atoms with Gasteiger partial charge in [0.2, 0.25) is 0 Å². The second-order valence-electron chi connectivity index (χ2n) is 6.08. The van der Waals surface area contributed by atoms with Crippen molar-refractivity contribution >= 4 is 0 Å². The Morgan fingerprint density at radius 1 is 1.31 bits per heavy atom. The molecule has 1 heterocycles. The lowest BCUT2D eigenvalue weighted by atomic mass is 9.82. The average Bonchev–Trinajstić information content (AvgIpc) is 2.15. The van der Waals surface area contributed by atoms with Crippen molar-refractivity contribution < 1.29 is 5.11 Å². The zero-order valence-electron chi connectivity index (χ0n) is 10.7. The minimum Gasteiger partial charge on any atom is -0.384 e. The molecule has 0 amide bonds. The van der Waals surface area contributed by atoms with E-state index in [0.717, 1.165) is 30.7 Å². The van der Waals surface area contributed by atoms with Crippen molar-refractivity contribution in [1.82, 2.24) is 4.98 Å².